The lowest BCUT2D eigenvalue weighted by Gasteiger charge is -2.07. The Morgan fingerprint density at radius 1 is 1.04 bits per heavy atom. The summed E-state index contributed by atoms with van der Waals surface area (Å²) in [7, 11) is 0. The Morgan fingerprint density at radius 2 is 1.83 bits per heavy atom. The van der Waals surface area contributed by atoms with E-state index in [2.05, 4.69) is 22.5 Å². The van der Waals surface area contributed by atoms with E-state index in [9.17, 15) is 9.59 Å². The van der Waals surface area contributed by atoms with Crippen LogP contribution >= 0.6 is 0 Å². The molecule has 0 spiro atoms. The molecule has 5 heteroatoms. The van der Waals surface area contributed by atoms with Crippen LogP contribution in [0.1, 0.15) is 47.0 Å². The Labute approximate surface area is 136 Å². The van der Waals surface area contributed by atoms with E-state index in [1.807, 2.05) is 18.2 Å². The number of carbonyl (C=O) groups is 2. The molecular formula is C18H21N3O2. The summed E-state index contributed by atoms with van der Waals surface area (Å²) in [5.74, 6) is -0.519. The van der Waals surface area contributed by atoms with E-state index in [0.29, 0.717) is 17.8 Å². The van der Waals surface area contributed by atoms with Gasteiger partial charge in [-0.1, -0.05) is 38.0 Å². The predicted molar refractivity (Wildman–Crippen MR) is 90.5 cm³/mol. The zero-order valence-electron chi connectivity index (χ0n) is 13.2. The van der Waals surface area contributed by atoms with E-state index in [1.54, 1.807) is 18.2 Å². The summed E-state index contributed by atoms with van der Waals surface area (Å²) in [4.78, 5) is 28.3. The first-order valence-corrected chi connectivity index (χ1v) is 7.81. The number of unbranched alkanes of at least 4 members (excludes halogenated alkanes) is 2. The molecule has 0 unspecified atom stereocenters. The highest BCUT2D eigenvalue weighted by Gasteiger charge is 2.11. The minimum atomic E-state index is -0.265. The second-order valence-electron chi connectivity index (χ2n) is 5.21. The highest BCUT2D eigenvalue weighted by atomic mass is 16.2. The number of nitrogens with one attached hydrogen (secondary N) is 2. The largest absolute Gasteiger partial charge is 0.351 e. The van der Waals surface area contributed by atoms with Crippen LogP contribution in [0.2, 0.25) is 0 Å². The van der Waals surface area contributed by atoms with Crippen LogP contribution in [0.15, 0.2) is 48.7 Å². The Morgan fingerprint density at radius 3 is 2.57 bits per heavy atom. The van der Waals surface area contributed by atoms with Crippen molar-refractivity contribution in [3.05, 3.63) is 59.9 Å². The molecule has 0 aliphatic heterocycles. The molecule has 0 saturated heterocycles. The van der Waals surface area contributed by atoms with Gasteiger partial charge in [0.1, 0.15) is 5.69 Å². The summed E-state index contributed by atoms with van der Waals surface area (Å²) in [6, 6.07) is 12.3. The van der Waals surface area contributed by atoms with Gasteiger partial charge >= 0.3 is 0 Å². The van der Waals surface area contributed by atoms with Crippen LogP contribution in [-0.2, 0) is 0 Å². The summed E-state index contributed by atoms with van der Waals surface area (Å²) in [5.41, 5.74) is 1.37. The molecule has 0 aliphatic rings. The van der Waals surface area contributed by atoms with Gasteiger partial charge in [-0.2, -0.15) is 0 Å². The average molecular weight is 311 g/mol. The second-order valence-corrected chi connectivity index (χ2v) is 5.21. The molecule has 0 saturated carbocycles. The molecule has 2 N–H and O–H groups in total. The second kappa shape index (κ2) is 8.68. The third kappa shape index (κ3) is 5.21. The van der Waals surface area contributed by atoms with Crippen molar-refractivity contribution in [3.63, 3.8) is 0 Å². The Balaban J connectivity index is 1.98. The zero-order chi connectivity index (χ0) is 16.5. The topological polar surface area (TPSA) is 71.1 Å². The van der Waals surface area contributed by atoms with E-state index in [4.69, 9.17) is 0 Å². The molecule has 5 nitrogen and oxygen atoms in total. The fourth-order valence-electron chi connectivity index (χ4n) is 2.09. The van der Waals surface area contributed by atoms with Gasteiger partial charge in [0.15, 0.2) is 0 Å². The van der Waals surface area contributed by atoms with Crippen molar-refractivity contribution < 1.29 is 9.59 Å². The van der Waals surface area contributed by atoms with Crippen LogP contribution in [0, 0.1) is 0 Å². The maximum atomic E-state index is 12.2. The lowest BCUT2D eigenvalue weighted by Crippen LogP contribution is -2.25. The van der Waals surface area contributed by atoms with Crippen molar-refractivity contribution in [2.45, 2.75) is 26.2 Å². The number of benzene rings is 1. The van der Waals surface area contributed by atoms with Crippen LogP contribution in [-0.4, -0.2) is 23.3 Å². The Bertz CT molecular complexity index is 656. The number of carbonyl (C=O) groups excluding carboxylic acids is 2. The maximum absolute atomic E-state index is 12.2. The first-order valence-electron chi connectivity index (χ1n) is 7.81. The summed E-state index contributed by atoms with van der Waals surface area (Å²) >= 11 is 0. The molecule has 2 aromatic rings. The first kappa shape index (κ1) is 16.7. The highest BCUT2D eigenvalue weighted by molar-refractivity contribution is 6.05. The predicted octanol–water partition coefficient (Wildman–Crippen LogP) is 3.25. The zero-order valence-corrected chi connectivity index (χ0v) is 13.2. The van der Waals surface area contributed by atoms with Crippen LogP contribution in [0.25, 0.3) is 0 Å². The molecule has 2 rings (SSSR count). The number of hydrogen-bond acceptors (Lipinski definition) is 3. The molecule has 1 aromatic carbocycles. The number of para-hydroxylation sites is 1. The first-order chi connectivity index (χ1) is 11.2. The number of rotatable bonds is 7. The van der Waals surface area contributed by atoms with Gasteiger partial charge in [0.2, 0.25) is 0 Å². The van der Waals surface area contributed by atoms with Gasteiger partial charge in [-0.15, -0.1) is 0 Å². The fourth-order valence-corrected chi connectivity index (χ4v) is 2.09. The molecule has 1 heterocycles. The van der Waals surface area contributed by atoms with Crippen molar-refractivity contribution in [3.8, 4) is 0 Å². The van der Waals surface area contributed by atoms with E-state index >= 15 is 0 Å². The van der Waals surface area contributed by atoms with Crippen LogP contribution in [0.3, 0.4) is 0 Å². The quantitative estimate of drug-likeness (QED) is 0.771. The van der Waals surface area contributed by atoms with Crippen molar-refractivity contribution >= 4 is 17.5 Å². The number of hydrogen-bond donors (Lipinski definition) is 2. The molecule has 0 aliphatic carbocycles. The molecule has 120 valence electrons. The SMILES string of the molecule is CCCCCNC(=O)c1cc(C(=O)Nc2ccccc2)ccn1. The molecule has 1 aromatic heterocycles. The molecule has 0 fully saturated rings. The van der Waals surface area contributed by atoms with Crippen LogP contribution in [0.4, 0.5) is 5.69 Å². The number of pyridine rings is 1. The van der Waals surface area contributed by atoms with Gasteiger partial charge in [0, 0.05) is 24.0 Å². The number of anilines is 1. The van der Waals surface area contributed by atoms with Crippen molar-refractivity contribution in [2.24, 2.45) is 0 Å². The standard InChI is InChI=1S/C18H21N3O2/c1-2-3-7-11-20-18(23)16-13-14(10-12-19-16)17(22)21-15-8-5-4-6-9-15/h4-6,8-10,12-13H,2-3,7,11H2,1H3,(H,20,23)(H,21,22). The summed E-state index contributed by atoms with van der Waals surface area (Å²) in [6.45, 7) is 2.73. The molecule has 2 amide bonds. The van der Waals surface area contributed by atoms with Gasteiger partial charge < -0.3 is 10.6 Å². The van der Waals surface area contributed by atoms with E-state index in [-0.39, 0.29) is 17.5 Å². The van der Waals surface area contributed by atoms with Gasteiger partial charge in [0.25, 0.3) is 11.8 Å². The van der Waals surface area contributed by atoms with E-state index < -0.39 is 0 Å². The minimum absolute atomic E-state index is 0.252. The fraction of sp³-hybridized carbons (Fsp3) is 0.278. The minimum Gasteiger partial charge on any atom is -0.351 e. The summed E-state index contributed by atoms with van der Waals surface area (Å²) < 4.78 is 0. The molecule has 23 heavy (non-hydrogen) atoms. The van der Waals surface area contributed by atoms with E-state index in [1.165, 1.54) is 12.3 Å². The monoisotopic (exact) mass is 311 g/mol. The summed E-state index contributed by atoms with van der Waals surface area (Å²) in [6.07, 6.45) is 4.59. The maximum Gasteiger partial charge on any atom is 0.269 e. The van der Waals surface area contributed by atoms with Crippen molar-refractivity contribution in [1.29, 1.82) is 0 Å². The highest BCUT2D eigenvalue weighted by Crippen LogP contribution is 2.09. The van der Waals surface area contributed by atoms with Crippen LogP contribution < -0.4 is 10.6 Å². The Hall–Kier alpha value is -2.69. The molecule has 0 radical (unpaired) electrons. The number of aromatic nitrogens is 1. The Kier molecular flexibility index (Phi) is 6.29. The number of amides is 2. The van der Waals surface area contributed by atoms with Crippen molar-refractivity contribution in [2.75, 3.05) is 11.9 Å². The van der Waals surface area contributed by atoms with Gasteiger partial charge in [0.05, 0.1) is 0 Å². The smallest absolute Gasteiger partial charge is 0.269 e. The number of nitrogens with zero attached hydrogens (tertiary/aromatic N) is 1. The van der Waals surface area contributed by atoms with Crippen LogP contribution in [0.5, 0.6) is 0 Å². The average Bonchev–Trinajstić information content (AvgIpc) is 2.59. The lowest BCUT2D eigenvalue weighted by atomic mass is 10.2. The lowest BCUT2D eigenvalue weighted by molar-refractivity contribution is 0.0948. The molecular weight excluding hydrogens is 290 g/mol. The summed E-state index contributed by atoms with van der Waals surface area (Å²) in [5, 5.41) is 5.60. The normalized spacial score (nSPS) is 10.1. The molecule has 0 atom stereocenters. The van der Waals surface area contributed by atoms with Crippen molar-refractivity contribution in [1.82, 2.24) is 10.3 Å². The van der Waals surface area contributed by atoms with Gasteiger partial charge in [-0.3, -0.25) is 14.6 Å². The van der Waals surface area contributed by atoms with Gasteiger partial charge in [-0.05, 0) is 30.7 Å². The molecule has 0 bridgehead atoms. The van der Waals surface area contributed by atoms with E-state index in [0.717, 1.165) is 19.3 Å². The third-order valence-electron chi connectivity index (χ3n) is 3.35. The van der Waals surface area contributed by atoms with Gasteiger partial charge in [-0.25, -0.2) is 0 Å². The third-order valence-corrected chi connectivity index (χ3v) is 3.35.